The van der Waals surface area contributed by atoms with E-state index in [1.54, 1.807) is 11.3 Å². The van der Waals surface area contributed by atoms with Crippen LogP contribution in [0.25, 0.3) is 0 Å². The van der Waals surface area contributed by atoms with E-state index in [1.165, 1.54) is 33.9 Å². The molecular weight excluding hydrogens is 376 g/mol. The molecule has 0 atom stereocenters. The smallest absolute Gasteiger partial charge is 0.0982 e. The van der Waals surface area contributed by atoms with Gasteiger partial charge in [0.2, 0.25) is 0 Å². The van der Waals surface area contributed by atoms with Gasteiger partial charge in [0.05, 0.1) is 10.7 Å². The molecule has 27 heavy (non-hydrogen) atoms. The Bertz CT molecular complexity index is 760. The number of nitrogens with zero attached hydrogens (tertiary/aromatic N) is 3. The molecule has 0 amide bonds. The highest BCUT2D eigenvalue weighted by molar-refractivity contribution is 7.09. The summed E-state index contributed by atoms with van der Waals surface area (Å²) in [5, 5.41) is 7.06. The summed E-state index contributed by atoms with van der Waals surface area (Å²) in [5.41, 5.74) is 5.73. The third-order valence-corrected chi connectivity index (χ3v) is 6.69. The van der Waals surface area contributed by atoms with Crippen molar-refractivity contribution < 1.29 is 0 Å². The molecule has 0 spiro atoms. The molecule has 0 saturated carbocycles. The lowest BCUT2D eigenvalue weighted by Gasteiger charge is -2.34. The van der Waals surface area contributed by atoms with Gasteiger partial charge in [-0.25, -0.2) is 4.98 Å². The van der Waals surface area contributed by atoms with Gasteiger partial charge in [0, 0.05) is 62.3 Å². The molecule has 2 aromatic rings. The summed E-state index contributed by atoms with van der Waals surface area (Å²) in [6.07, 6.45) is 1.17. The maximum Gasteiger partial charge on any atom is 0.0982 e. The molecule has 1 saturated heterocycles. The van der Waals surface area contributed by atoms with Crippen molar-refractivity contribution in [2.75, 3.05) is 38.0 Å². The Morgan fingerprint density at radius 3 is 2.44 bits per heavy atom. The van der Waals surface area contributed by atoms with Crippen LogP contribution in [-0.4, -0.2) is 47.5 Å². The van der Waals surface area contributed by atoms with Crippen LogP contribution in [0.3, 0.4) is 0 Å². The number of hydrogen-bond acceptors (Lipinski definition) is 5. The first kappa shape index (κ1) is 20.6. The largest absolute Gasteiger partial charge is 0.384 e. The van der Waals surface area contributed by atoms with E-state index in [4.69, 9.17) is 4.98 Å². The Kier molecular flexibility index (Phi) is 6.46. The molecule has 1 N–H and O–H groups in total. The van der Waals surface area contributed by atoms with E-state index in [-0.39, 0.29) is 17.8 Å². The summed E-state index contributed by atoms with van der Waals surface area (Å²) in [7, 11) is 0. The monoisotopic (exact) mass is 406 g/mol. The second-order valence-corrected chi connectivity index (χ2v) is 9.43. The average molecular weight is 407 g/mol. The van der Waals surface area contributed by atoms with Crippen molar-refractivity contribution in [3.63, 3.8) is 0 Å². The van der Waals surface area contributed by atoms with E-state index in [2.05, 4.69) is 59.5 Å². The van der Waals surface area contributed by atoms with Crippen molar-refractivity contribution in [2.24, 2.45) is 0 Å². The summed E-state index contributed by atoms with van der Waals surface area (Å²) in [6, 6.07) is 6.76. The number of nitrogens with one attached hydrogen (secondary N) is 1. The molecule has 0 radical (unpaired) electrons. The zero-order valence-electron chi connectivity index (χ0n) is 16.6. The molecule has 3 heterocycles. The van der Waals surface area contributed by atoms with Crippen molar-refractivity contribution in [1.29, 1.82) is 0 Å². The van der Waals surface area contributed by atoms with Gasteiger partial charge in [-0.2, -0.15) is 0 Å². The van der Waals surface area contributed by atoms with Gasteiger partial charge < -0.3 is 5.32 Å². The highest BCUT2D eigenvalue weighted by Crippen LogP contribution is 2.28. The van der Waals surface area contributed by atoms with Gasteiger partial charge in [-0.15, -0.1) is 23.7 Å². The summed E-state index contributed by atoms with van der Waals surface area (Å²) in [5.74, 6) is 0. The molecule has 1 aromatic heterocycles. The van der Waals surface area contributed by atoms with Crippen LogP contribution in [-0.2, 0) is 24.9 Å². The number of benzene rings is 1. The Labute approximate surface area is 173 Å². The van der Waals surface area contributed by atoms with E-state index in [1.807, 2.05) is 0 Å². The van der Waals surface area contributed by atoms with Crippen LogP contribution in [0.4, 0.5) is 5.69 Å². The first-order chi connectivity index (χ1) is 12.5. The van der Waals surface area contributed by atoms with Gasteiger partial charge in [-0.1, -0.05) is 39.0 Å². The highest BCUT2D eigenvalue weighted by atomic mass is 35.5. The molecule has 0 aliphatic carbocycles. The number of piperazine rings is 1. The van der Waals surface area contributed by atoms with Crippen molar-refractivity contribution in [3.8, 4) is 0 Å². The maximum atomic E-state index is 4.86. The SMILES string of the molecule is CC(C)(C)c1nc(CN2CCN(Cc3cccc4c3NCC4)CC2)cs1.Cl. The summed E-state index contributed by atoms with van der Waals surface area (Å²) in [6.45, 7) is 14.4. The quantitative estimate of drug-likeness (QED) is 0.826. The zero-order valence-corrected chi connectivity index (χ0v) is 18.3. The fraction of sp³-hybridized carbons (Fsp3) is 0.571. The van der Waals surface area contributed by atoms with E-state index in [9.17, 15) is 0 Å². The number of halogens is 1. The van der Waals surface area contributed by atoms with Gasteiger partial charge >= 0.3 is 0 Å². The molecule has 148 valence electrons. The minimum Gasteiger partial charge on any atom is -0.384 e. The highest BCUT2D eigenvalue weighted by Gasteiger charge is 2.22. The molecule has 2 aliphatic rings. The van der Waals surface area contributed by atoms with Gasteiger partial charge in [0.1, 0.15) is 0 Å². The second kappa shape index (κ2) is 8.48. The molecule has 2 aliphatic heterocycles. The number of aromatic nitrogens is 1. The normalized spacial score (nSPS) is 18.0. The summed E-state index contributed by atoms with van der Waals surface area (Å²) < 4.78 is 0. The predicted octanol–water partition coefficient (Wildman–Crippen LogP) is 4.15. The van der Waals surface area contributed by atoms with Crippen molar-refractivity contribution in [3.05, 3.63) is 45.4 Å². The zero-order chi connectivity index (χ0) is 18.1. The van der Waals surface area contributed by atoms with Crippen LogP contribution in [0.1, 0.15) is 42.6 Å². The van der Waals surface area contributed by atoms with Crippen molar-refractivity contribution in [2.45, 2.75) is 45.7 Å². The summed E-state index contributed by atoms with van der Waals surface area (Å²) >= 11 is 1.80. The summed E-state index contributed by atoms with van der Waals surface area (Å²) in [4.78, 5) is 9.99. The first-order valence-corrected chi connectivity index (χ1v) is 10.6. The molecule has 6 heteroatoms. The van der Waals surface area contributed by atoms with Gasteiger partial charge in [-0.3, -0.25) is 9.80 Å². The Morgan fingerprint density at radius 1 is 1.07 bits per heavy atom. The minimum atomic E-state index is 0. The lowest BCUT2D eigenvalue weighted by Crippen LogP contribution is -2.45. The molecule has 0 bridgehead atoms. The number of para-hydroxylation sites is 1. The number of rotatable bonds is 4. The minimum absolute atomic E-state index is 0. The number of hydrogen-bond donors (Lipinski definition) is 1. The third kappa shape index (κ3) is 4.83. The van der Waals surface area contributed by atoms with E-state index in [0.29, 0.717) is 0 Å². The van der Waals surface area contributed by atoms with Crippen LogP contribution in [0.5, 0.6) is 0 Å². The average Bonchev–Trinajstić information content (AvgIpc) is 3.26. The Morgan fingerprint density at radius 2 is 1.78 bits per heavy atom. The number of thiazole rings is 1. The third-order valence-electron chi connectivity index (χ3n) is 5.37. The van der Waals surface area contributed by atoms with Crippen molar-refractivity contribution in [1.82, 2.24) is 14.8 Å². The molecule has 4 nitrogen and oxygen atoms in total. The molecule has 0 unspecified atom stereocenters. The topological polar surface area (TPSA) is 31.4 Å². The van der Waals surface area contributed by atoms with E-state index < -0.39 is 0 Å². The molecular formula is C21H31ClN4S. The maximum absolute atomic E-state index is 4.86. The van der Waals surface area contributed by atoms with Gasteiger partial charge in [-0.05, 0) is 17.5 Å². The van der Waals surface area contributed by atoms with Crippen LogP contribution in [0.15, 0.2) is 23.6 Å². The van der Waals surface area contributed by atoms with Crippen LogP contribution in [0.2, 0.25) is 0 Å². The lowest BCUT2D eigenvalue weighted by molar-refractivity contribution is 0.121. The van der Waals surface area contributed by atoms with Crippen molar-refractivity contribution >= 4 is 29.4 Å². The predicted molar refractivity (Wildman–Crippen MR) is 117 cm³/mol. The fourth-order valence-electron chi connectivity index (χ4n) is 3.84. The number of fused-ring (bicyclic) bond motifs is 1. The van der Waals surface area contributed by atoms with Crippen LogP contribution < -0.4 is 5.32 Å². The Hall–Kier alpha value is -1.14. The lowest BCUT2D eigenvalue weighted by atomic mass is 9.98. The fourth-order valence-corrected chi connectivity index (χ4v) is 4.74. The van der Waals surface area contributed by atoms with E-state index >= 15 is 0 Å². The Balaban J connectivity index is 0.00000210. The number of anilines is 1. The van der Waals surface area contributed by atoms with Gasteiger partial charge in [0.25, 0.3) is 0 Å². The molecule has 4 rings (SSSR count). The molecule has 1 aromatic carbocycles. The van der Waals surface area contributed by atoms with Crippen LogP contribution in [0, 0.1) is 0 Å². The standard InChI is InChI=1S/C21H30N4S.ClH/c1-21(2,3)20-23-18(15-26-20)14-25-11-9-24(10-12-25)13-17-6-4-5-16-7-8-22-19(16)17;/h4-6,15,22H,7-14H2,1-3H3;1H. The van der Waals surface area contributed by atoms with Gasteiger partial charge in [0.15, 0.2) is 0 Å². The second-order valence-electron chi connectivity index (χ2n) is 8.57. The van der Waals surface area contributed by atoms with E-state index in [0.717, 1.165) is 45.8 Å². The van der Waals surface area contributed by atoms with Crippen LogP contribution >= 0.6 is 23.7 Å². The molecule has 1 fully saturated rings. The first-order valence-electron chi connectivity index (χ1n) is 9.73.